The first kappa shape index (κ1) is 37.0. The Bertz CT molecular complexity index is 912. The van der Waals surface area contributed by atoms with Gasteiger partial charge in [-0.05, 0) is 0 Å². The van der Waals surface area contributed by atoms with E-state index in [-0.39, 0.29) is 0 Å². The fourth-order valence-electron chi connectivity index (χ4n) is 5.43. The summed E-state index contributed by atoms with van der Waals surface area (Å²) < 4.78 is 38.8. The molecular formula is C24H42O21. The molecule has 0 aromatic rings. The van der Waals surface area contributed by atoms with Gasteiger partial charge in [-0.1, -0.05) is 0 Å². The fourth-order valence-corrected chi connectivity index (χ4v) is 5.43. The standard InChI is InChI=1S/C24H42O21/c25-1-5-9(29)13(33)16(36)21(39-5)43-19-12(32)8(4-28)42-24(45-23-18(38)15(35)11(31)7(3-27)41-23)20(19)44-22-17(37)14(34)10(30)6(2-26)40-22/h5-38H,1-4H2/t5-,6-,7-,8-,9+,10+,11-,12-,13+,14+,15+,16-,17-,18-,19+,20-,21-,22+,23-,24+/m1/s1. The molecule has 0 unspecified atom stereocenters. The van der Waals surface area contributed by atoms with E-state index in [1.807, 2.05) is 0 Å². The number of hydrogen-bond acceptors (Lipinski definition) is 21. The fraction of sp³-hybridized carbons (Fsp3) is 1.00. The van der Waals surface area contributed by atoms with Crippen molar-refractivity contribution in [2.24, 2.45) is 0 Å². The van der Waals surface area contributed by atoms with Crippen LogP contribution in [-0.2, 0) is 33.2 Å². The van der Waals surface area contributed by atoms with Crippen LogP contribution in [0.4, 0.5) is 0 Å². The van der Waals surface area contributed by atoms with Crippen LogP contribution < -0.4 is 0 Å². The maximum atomic E-state index is 11.1. The molecule has 14 N–H and O–H groups in total. The summed E-state index contributed by atoms with van der Waals surface area (Å²) in [6.07, 6.45) is -36.7. The van der Waals surface area contributed by atoms with Crippen molar-refractivity contribution in [1.82, 2.24) is 0 Å². The maximum Gasteiger partial charge on any atom is 0.190 e. The summed E-state index contributed by atoms with van der Waals surface area (Å²) in [5.41, 5.74) is 0. The minimum Gasteiger partial charge on any atom is -0.394 e. The average Bonchev–Trinajstić information content (AvgIpc) is 3.03. The van der Waals surface area contributed by atoms with Gasteiger partial charge in [0.2, 0.25) is 0 Å². The van der Waals surface area contributed by atoms with E-state index < -0.39 is 149 Å². The molecule has 0 aromatic carbocycles. The van der Waals surface area contributed by atoms with Crippen LogP contribution in [-0.4, -0.2) is 221 Å². The van der Waals surface area contributed by atoms with E-state index >= 15 is 0 Å². The van der Waals surface area contributed by atoms with Crippen molar-refractivity contribution in [2.45, 2.75) is 123 Å². The molecule has 0 saturated carbocycles. The zero-order chi connectivity index (χ0) is 33.3. The lowest BCUT2D eigenvalue weighted by molar-refractivity contribution is -0.415. The van der Waals surface area contributed by atoms with Gasteiger partial charge in [0.05, 0.1) is 26.4 Å². The summed E-state index contributed by atoms with van der Waals surface area (Å²) in [6, 6.07) is 0. The van der Waals surface area contributed by atoms with Gasteiger partial charge in [-0.15, -0.1) is 0 Å². The Balaban J connectivity index is 1.68. The molecular weight excluding hydrogens is 624 g/mol. The molecule has 4 saturated heterocycles. The van der Waals surface area contributed by atoms with Gasteiger partial charge in [0, 0.05) is 0 Å². The molecule has 45 heavy (non-hydrogen) atoms. The second-order valence-corrected chi connectivity index (χ2v) is 11.1. The maximum absolute atomic E-state index is 11.1. The van der Waals surface area contributed by atoms with E-state index in [4.69, 9.17) is 33.2 Å². The van der Waals surface area contributed by atoms with Gasteiger partial charge in [0.15, 0.2) is 25.2 Å². The van der Waals surface area contributed by atoms with Crippen molar-refractivity contribution >= 4 is 0 Å². The number of hydrogen-bond donors (Lipinski definition) is 14. The van der Waals surface area contributed by atoms with Crippen molar-refractivity contribution in [3.63, 3.8) is 0 Å². The lowest BCUT2D eigenvalue weighted by atomic mass is 9.96. The largest absolute Gasteiger partial charge is 0.394 e. The van der Waals surface area contributed by atoms with E-state index in [0.717, 1.165) is 0 Å². The Morgan fingerprint density at radius 1 is 0.311 bits per heavy atom. The number of ether oxygens (including phenoxy) is 7. The molecule has 21 heteroatoms. The summed E-state index contributed by atoms with van der Waals surface area (Å²) in [7, 11) is 0. The Kier molecular flexibility index (Phi) is 12.8. The van der Waals surface area contributed by atoms with Crippen molar-refractivity contribution in [1.29, 1.82) is 0 Å². The lowest BCUT2D eigenvalue weighted by Crippen LogP contribution is -2.68. The average molecular weight is 667 g/mol. The highest BCUT2D eigenvalue weighted by molar-refractivity contribution is 4.97. The van der Waals surface area contributed by atoms with Crippen LogP contribution >= 0.6 is 0 Å². The van der Waals surface area contributed by atoms with E-state index in [2.05, 4.69) is 0 Å². The third-order valence-electron chi connectivity index (χ3n) is 8.19. The minimum absolute atomic E-state index is 0.845. The molecule has 0 bridgehead atoms. The van der Waals surface area contributed by atoms with Gasteiger partial charge in [-0.3, -0.25) is 0 Å². The summed E-state index contributed by atoms with van der Waals surface area (Å²) in [4.78, 5) is 0. The Morgan fingerprint density at radius 3 is 0.956 bits per heavy atom. The molecule has 21 nitrogen and oxygen atoms in total. The van der Waals surface area contributed by atoms with Crippen LogP contribution in [0.25, 0.3) is 0 Å². The van der Waals surface area contributed by atoms with E-state index in [1.54, 1.807) is 0 Å². The number of aliphatic hydroxyl groups is 14. The molecule has 264 valence electrons. The molecule has 4 aliphatic rings. The first-order valence-corrected chi connectivity index (χ1v) is 14.1. The third kappa shape index (κ3) is 7.44. The van der Waals surface area contributed by atoms with Crippen LogP contribution in [0, 0.1) is 0 Å². The predicted molar refractivity (Wildman–Crippen MR) is 134 cm³/mol. The summed E-state index contributed by atoms with van der Waals surface area (Å²) in [6.45, 7) is -3.50. The normalized spacial score (nSPS) is 52.9. The Labute approximate surface area is 254 Å². The van der Waals surface area contributed by atoms with Gasteiger partial charge in [0.1, 0.15) is 97.7 Å². The number of aliphatic hydroxyl groups excluding tert-OH is 14. The van der Waals surface area contributed by atoms with Crippen molar-refractivity contribution < 1.29 is 105 Å². The van der Waals surface area contributed by atoms with Gasteiger partial charge < -0.3 is 105 Å². The first-order chi connectivity index (χ1) is 21.3. The summed E-state index contributed by atoms with van der Waals surface area (Å²) in [5.74, 6) is 0. The smallest absolute Gasteiger partial charge is 0.190 e. The van der Waals surface area contributed by atoms with Gasteiger partial charge >= 0.3 is 0 Å². The van der Waals surface area contributed by atoms with Crippen molar-refractivity contribution in [3.8, 4) is 0 Å². The first-order valence-electron chi connectivity index (χ1n) is 14.1. The van der Waals surface area contributed by atoms with Crippen molar-refractivity contribution in [3.05, 3.63) is 0 Å². The summed E-state index contributed by atoms with van der Waals surface area (Å²) in [5, 5.41) is 143. The second kappa shape index (κ2) is 15.6. The van der Waals surface area contributed by atoms with Crippen LogP contribution in [0.2, 0.25) is 0 Å². The van der Waals surface area contributed by atoms with E-state index in [9.17, 15) is 71.5 Å². The van der Waals surface area contributed by atoms with Gasteiger partial charge in [-0.25, -0.2) is 0 Å². The molecule has 0 aliphatic carbocycles. The SMILES string of the molecule is OC[C@H]1O[C@@H](O[C@H]2[C@H](O[C@H]3O[C@H](CO)[C@@H](O)[C@H](O)[C@H]3O)O[C@H](CO)[C@@H](O)[C@@H]2O[C@H]2O[C@H](CO)[C@H](O)[C@H](O)[C@H]2O)[C@H](O)[C@@H](O)[C@H]1O. The molecule has 0 amide bonds. The Morgan fingerprint density at radius 2 is 0.600 bits per heavy atom. The molecule has 20 atom stereocenters. The highest BCUT2D eigenvalue weighted by Crippen LogP contribution is 2.35. The molecule has 4 aliphatic heterocycles. The zero-order valence-corrected chi connectivity index (χ0v) is 23.5. The Hall–Kier alpha value is -0.840. The second-order valence-electron chi connectivity index (χ2n) is 11.1. The topological polar surface area (TPSA) is 348 Å². The number of rotatable bonds is 10. The molecule has 0 radical (unpaired) electrons. The van der Waals surface area contributed by atoms with Crippen LogP contribution in [0.5, 0.6) is 0 Å². The molecule has 0 spiro atoms. The molecule has 4 rings (SSSR count). The predicted octanol–water partition coefficient (Wildman–Crippen LogP) is -9.75. The highest BCUT2D eigenvalue weighted by atomic mass is 16.8. The highest BCUT2D eigenvalue weighted by Gasteiger charge is 2.56. The monoisotopic (exact) mass is 666 g/mol. The van der Waals surface area contributed by atoms with E-state index in [1.165, 1.54) is 0 Å². The van der Waals surface area contributed by atoms with Crippen molar-refractivity contribution in [2.75, 3.05) is 26.4 Å². The molecule has 4 heterocycles. The van der Waals surface area contributed by atoms with Crippen LogP contribution in [0.3, 0.4) is 0 Å². The molecule has 4 fully saturated rings. The quantitative estimate of drug-likeness (QED) is 0.103. The van der Waals surface area contributed by atoms with Gasteiger partial charge in [-0.2, -0.15) is 0 Å². The third-order valence-corrected chi connectivity index (χ3v) is 8.19. The van der Waals surface area contributed by atoms with E-state index in [0.29, 0.717) is 0 Å². The lowest BCUT2D eigenvalue weighted by Gasteiger charge is -2.50. The minimum atomic E-state index is -2.03. The zero-order valence-electron chi connectivity index (χ0n) is 23.5. The van der Waals surface area contributed by atoms with Crippen LogP contribution in [0.15, 0.2) is 0 Å². The molecule has 0 aromatic heterocycles. The van der Waals surface area contributed by atoms with Gasteiger partial charge in [0.25, 0.3) is 0 Å². The summed E-state index contributed by atoms with van der Waals surface area (Å²) >= 11 is 0. The van der Waals surface area contributed by atoms with Crippen LogP contribution in [0.1, 0.15) is 0 Å².